The topological polar surface area (TPSA) is 75.6 Å². The summed E-state index contributed by atoms with van der Waals surface area (Å²) in [6.07, 6.45) is 5.93. The summed E-state index contributed by atoms with van der Waals surface area (Å²) < 4.78 is 6.10. The molecule has 1 spiro atoms. The Morgan fingerprint density at radius 1 is 0.510 bits per heavy atom. The van der Waals surface area contributed by atoms with Crippen LogP contribution in [0, 0.1) is 11.3 Å². The van der Waals surface area contributed by atoms with Crippen LogP contribution in [0.25, 0.3) is 78.4 Å². The highest BCUT2D eigenvalue weighted by molar-refractivity contribution is 6.06. The van der Waals surface area contributed by atoms with E-state index in [2.05, 4.69) is 72.8 Å². The lowest BCUT2D eigenvalue weighted by atomic mass is 9.67. The third-order valence-corrected chi connectivity index (χ3v) is 11.0. The highest BCUT2D eigenvalue weighted by atomic mass is 16.3. The van der Waals surface area contributed by atoms with Crippen molar-refractivity contribution >= 4 is 21.9 Å². The minimum Gasteiger partial charge on any atom is -0.456 e. The molecule has 0 saturated heterocycles. The van der Waals surface area contributed by atoms with Crippen molar-refractivity contribution in [2.24, 2.45) is 0 Å². The first-order valence-electron chi connectivity index (χ1n) is 17.7. The van der Waals surface area contributed by atoms with E-state index in [1.807, 2.05) is 66.7 Å². The van der Waals surface area contributed by atoms with Crippen LogP contribution in [0.3, 0.4) is 0 Å². The van der Waals surface area contributed by atoms with Crippen LogP contribution in [-0.2, 0) is 5.41 Å². The van der Waals surface area contributed by atoms with E-state index in [0.717, 1.165) is 62.6 Å². The fourth-order valence-electron chi connectivity index (χ4n) is 8.56. The Bertz CT molecular complexity index is 2680. The molecule has 2 heterocycles. The second-order valence-corrected chi connectivity index (χ2v) is 13.8. The van der Waals surface area contributed by atoms with Gasteiger partial charge in [-0.15, -0.1) is 0 Å². The number of rotatable bonds is 4. The van der Waals surface area contributed by atoms with Gasteiger partial charge >= 0.3 is 0 Å². The number of hydrogen-bond acceptors (Lipinski definition) is 5. The van der Waals surface area contributed by atoms with Crippen molar-refractivity contribution in [2.45, 2.75) is 37.5 Å². The Morgan fingerprint density at radius 3 is 1.96 bits per heavy atom. The Labute approximate surface area is 295 Å². The van der Waals surface area contributed by atoms with Crippen molar-refractivity contribution in [3.8, 4) is 62.5 Å². The molecular weight excluding hydrogens is 625 g/mol. The molecule has 0 unspecified atom stereocenters. The van der Waals surface area contributed by atoms with Gasteiger partial charge in [0.15, 0.2) is 17.5 Å². The number of aromatic nitrogens is 3. The first kappa shape index (κ1) is 29.5. The van der Waals surface area contributed by atoms with Crippen molar-refractivity contribution in [3.63, 3.8) is 0 Å². The van der Waals surface area contributed by atoms with Gasteiger partial charge in [0.25, 0.3) is 0 Å². The molecule has 2 aromatic heterocycles. The zero-order valence-corrected chi connectivity index (χ0v) is 27.9. The summed E-state index contributed by atoms with van der Waals surface area (Å²) in [6, 6.07) is 48.4. The number of fused-ring (bicyclic) bond motifs is 8. The summed E-state index contributed by atoms with van der Waals surface area (Å²) in [4.78, 5) is 15.0. The highest BCUT2D eigenvalue weighted by Crippen LogP contribution is 2.58. The third-order valence-electron chi connectivity index (χ3n) is 11.0. The number of nitrogens with zero attached hydrogens (tertiary/aromatic N) is 4. The van der Waals surface area contributed by atoms with E-state index in [1.165, 1.54) is 47.1 Å². The fraction of sp³-hybridized carbons (Fsp3) is 0.130. The average molecular weight is 657 g/mol. The van der Waals surface area contributed by atoms with Crippen LogP contribution in [0.5, 0.6) is 0 Å². The van der Waals surface area contributed by atoms with E-state index in [0.29, 0.717) is 17.5 Å². The van der Waals surface area contributed by atoms with Gasteiger partial charge in [-0.25, -0.2) is 15.0 Å². The molecule has 2 aliphatic carbocycles. The Morgan fingerprint density at radius 2 is 1.18 bits per heavy atom. The van der Waals surface area contributed by atoms with Gasteiger partial charge in [0.05, 0.1) is 11.6 Å². The molecular formula is C46H32N4O. The predicted molar refractivity (Wildman–Crippen MR) is 203 cm³/mol. The standard InChI is InChI=1S/C46H32N4O/c47-28-29-16-22-36-39(26-29)46(24-7-2-8-25-46)38-14-9-13-34(42(36)38)30-17-19-32(20-18-30)44-48-43(31-10-3-1-4-11-31)49-45(50-44)33-21-23-41-37(27-33)35-12-5-6-15-40(35)51-41/h1,3-6,9-23,26-27H,2,7-8,24-25H2. The largest absolute Gasteiger partial charge is 0.456 e. The molecule has 1 fully saturated rings. The Balaban J connectivity index is 1.09. The SMILES string of the molecule is N#Cc1ccc2c(c1)C1(CCCCC1)c1cccc(-c3ccc(-c4nc(-c5ccccc5)nc(-c5ccc6oc7ccccc7c6c5)n4)cc3)c1-2. The molecule has 0 aliphatic heterocycles. The van der Waals surface area contributed by atoms with E-state index in [9.17, 15) is 5.26 Å². The average Bonchev–Trinajstić information content (AvgIpc) is 3.71. The van der Waals surface area contributed by atoms with Crippen LogP contribution in [0.2, 0.25) is 0 Å². The van der Waals surface area contributed by atoms with Gasteiger partial charge in [-0.05, 0) is 82.6 Å². The number of benzene rings is 6. The molecule has 8 aromatic rings. The minimum atomic E-state index is -0.0212. The Hall–Kier alpha value is -6.38. The molecule has 0 amide bonds. The van der Waals surface area contributed by atoms with Gasteiger partial charge in [-0.2, -0.15) is 5.26 Å². The lowest BCUT2D eigenvalue weighted by molar-refractivity contribution is 0.353. The molecule has 0 N–H and O–H groups in total. The molecule has 6 aromatic carbocycles. The molecule has 0 atom stereocenters. The van der Waals surface area contributed by atoms with E-state index in [4.69, 9.17) is 19.4 Å². The maximum atomic E-state index is 9.79. The van der Waals surface area contributed by atoms with Crippen LogP contribution in [-0.4, -0.2) is 15.0 Å². The van der Waals surface area contributed by atoms with Crippen molar-refractivity contribution in [1.29, 1.82) is 5.26 Å². The van der Waals surface area contributed by atoms with Gasteiger partial charge in [0.1, 0.15) is 11.2 Å². The van der Waals surface area contributed by atoms with E-state index >= 15 is 0 Å². The summed E-state index contributed by atoms with van der Waals surface area (Å²) in [6.45, 7) is 0. The summed E-state index contributed by atoms with van der Waals surface area (Å²) in [7, 11) is 0. The maximum Gasteiger partial charge on any atom is 0.164 e. The van der Waals surface area contributed by atoms with Crippen molar-refractivity contribution < 1.29 is 4.42 Å². The number of furan rings is 1. The number of hydrogen-bond donors (Lipinski definition) is 0. The molecule has 5 heteroatoms. The van der Waals surface area contributed by atoms with Crippen LogP contribution >= 0.6 is 0 Å². The van der Waals surface area contributed by atoms with Crippen molar-refractivity contribution in [2.75, 3.05) is 0 Å². The second-order valence-electron chi connectivity index (χ2n) is 13.8. The molecule has 0 bridgehead atoms. The van der Waals surface area contributed by atoms with Crippen LogP contribution < -0.4 is 0 Å². The quantitative estimate of drug-likeness (QED) is 0.188. The normalized spacial score (nSPS) is 14.4. The fourth-order valence-corrected chi connectivity index (χ4v) is 8.56. The maximum absolute atomic E-state index is 9.79. The summed E-state index contributed by atoms with van der Waals surface area (Å²) >= 11 is 0. The lowest BCUT2D eigenvalue weighted by Crippen LogP contribution is -2.28. The van der Waals surface area contributed by atoms with Crippen LogP contribution in [0.15, 0.2) is 138 Å². The van der Waals surface area contributed by atoms with E-state index < -0.39 is 0 Å². The molecule has 5 nitrogen and oxygen atoms in total. The van der Waals surface area contributed by atoms with Crippen molar-refractivity contribution in [3.05, 3.63) is 150 Å². The molecule has 10 rings (SSSR count). The van der Waals surface area contributed by atoms with Crippen molar-refractivity contribution in [1.82, 2.24) is 15.0 Å². The first-order valence-corrected chi connectivity index (χ1v) is 17.7. The molecule has 0 radical (unpaired) electrons. The predicted octanol–water partition coefficient (Wildman–Crippen LogP) is 11.5. The molecule has 1 saturated carbocycles. The first-order chi connectivity index (χ1) is 25.2. The van der Waals surface area contributed by atoms with E-state index in [-0.39, 0.29) is 5.41 Å². The second kappa shape index (κ2) is 11.6. The van der Waals surface area contributed by atoms with Gasteiger partial charge in [-0.1, -0.05) is 116 Å². The van der Waals surface area contributed by atoms with Gasteiger partial charge in [-0.3, -0.25) is 0 Å². The van der Waals surface area contributed by atoms with Gasteiger partial charge in [0, 0.05) is 32.9 Å². The smallest absolute Gasteiger partial charge is 0.164 e. The van der Waals surface area contributed by atoms with Crippen LogP contribution in [0.1, 0.15) is 48.8 Å². The minimum absolute atomic E-state index is 0.0212. The van der Waals surface area contributed by atoms with E-state index in [1.54, 1.807) is 0 Å². The summed E-state index contributed by atoms with van der Waals surface area (Å²) in [5.74, 6) is 1.86. The molecule has 2 aliphatic rings. The number of nitriles is 1. The monoisotopic (exact) mass is 656 g/mol. The van der Waals surface area contributed by atoms with Crippen LogP contribution in [0.4, 0.5) is 0 Å². The lowest BCUT2D eigenvalue weighted by Gasteiger charge is -2.36. The van der Waals surface area contributed by atoms with Gasteiger partial charge in [0.2, 0.25) is 0 Å². The third kappa shape index (κ3) is 4.71. The Kier molecular flexibility index (Phi) is 6.72. The zero-order valence-electron chi connectivity index (χ0n) is 27.9. The molecule has 51 heavy (non-hydrogen) atoms. The zero-order chi connectivity index (χ0) is 33.9. The number of para-hydroxylation sites is 1. The molecule has 242 valence electrons. The summed E-state index contributed by atoms with van der Waals surface area (Å²) in [5, 5.41) is 11.9. The summed E-state index contributed by atoms with van der Waals surface area (Å²) in [5.41, 5.74) is 12.8. The highest BCUT2D eigenvalue weighted by Gasteiger charge is 2.44. The van der Waals surface area contributed by atoms with Gasteiger partial charge < -0.3 is 4.42 Å².